The molecule has 1 rings (SSSR count). The highest BCUT2D eigenvalue weighted by atomic mass is 32.2. The monoisotopic (exact) mass is 1570 g/mol. The van der Waals surface area contributed by atoms with Crippen LogP contribution in [0.1, 0.15) is 46.0 Å². The largest absolute Gasteiger partial charge is 1.00 e. The van der Waals surface area contributed by atoms with Crippen LogP contribution in [0.2, 0.25) is 0 Å². The predicted octanol–water partition coefficient (Wildman–Crippen LogP) is 12.6. The minimum absolute atomic E-state index is 0. The second-order valence-electron chi connectivity index (χ2n) is 10.5. The number of rotatable bonds is 16. The molecule has 32 nitrogen and oxygen atoms in total. The van der Waals surface area contributed by atoms with Crippen molar-refractivity contribution in [3.05, 3.63) is 79.5 Å². The molecule has 0 aromatic heterocycles. The van der Waals surface area contributed by atoms with Crippen LogP contribution in [0.15, 0.2) is 24.3 Å². The van der Waals surface area contributed by atoms with Crippen LogP contribution in [-0.2, 0) is 57.5 Å². The maximum absolute atomic E-state index is 11.8. The molecule has 0 aromatic rings. The van der Waals surface area contributed by atoms with Gasteiger partial charge >= 0.3 is 29.8 Å². The van der Waals surface area contributed by atoms with Gasteiger partial charge in [-0.15, -0.1) is 0 Å². The van der Waals surface area contributed by atoms with E-state index in [1.54, 1.807) is 6.92 Å². The number of carboxylic acid groups (broad SMARTS) is 5. The van der Waals surface area contributed by atoms with Crippen molar-refractivity contribution in [3.63, 3.8) is 0 Å². The van der Waals surface area contributed by atoms with E-state index in [9.17, 15) is 65.3 Å². The van der Waals surface area contributed by atoms with E-state index in [2.05, 4.69) is 32.5 Å². The fourth-order valence-electron chi connectivity index (χ4n) is 2.69. The lowest BCUT2D eigenvalue weighted by molar-refractivity contribution is -0.143. The molecule has 0 radical (unpaired) electrons. The number of allylic oxidation sites excluding steroid dienone is 2. The van der Waals surface area contributed by atoms with E-state index in [0.29, 0.717) is 0 Å². The van der Waals surface area contributed by atoms with Crippen molar-refractivity contribution < 1.29 is 215 Å². The fraction of sp³-hybridized carbons (Fsp3) is 0.500. The van der Waals surface area contributed by atoms with Crippen molar-refractivity contribution in [1.29, 1.82) is 0 Å². The Morgan fingerprint density at radius 2 is 0.695 bits per heavy atom. The first-order valence-corrected chi connectivity index (χ1v) is 19.4. The zero-order chi connectivity index (χ0) is 72.6. The van der Waals surface area contributed by atoms with Gasteiger partial charge in [0.15, 0.2) is 11.6 Å². The Hall–Kier alpha value is -7.79. The van der Waals surface area contributed by atoms with Gasteiger partial charge in [0.2, 0.25) is 29.5 Å². The third kappa shape index (κ3) is 224. The van der Waals surface area contributed by atoms with E-state index >= 15 is 0 Å². The van der Waals surface area contributed by atoms with E-state index in [-0.39, 0.29) is 146 Å². The van der Waals surface area contributed by atoms with Crippen LogP contribution in [0.25, 0.3) is 55.2 Å². The molecule has 1 aliphatic carbocycles. The normalized spacial score (nSPS) is 8.49. The highest BCUT2D eigenvalue weighted by Crippen LogP contribution is 2.16. The average molecular weight is 1570 g/mol. The third-order valence-electron chi connectivity index (χ3n) is 5.83. The molecular weight excluding hydrogens is 1500 g/mol. The second kappa shape index (κ2) is 198. The van der Waals surface area contributed by atoms with Gasteiger partial charge in [0.05, 0.1) is 55.9 Å². The molecule has 4 unspecified atom stereocenters. The minimum Gasteiger partial charge on any atom is -1.00 e. The average Bonchev–Trinajstić information content (AvgIpc) is 3.94. The number of aliphatic carboxylic acids is 5. The van der Waals surface area contributed by atoms with Crippen molar-refractivity contribution in [3.8, 4) is 0 Å². The molecule has 63 heteroatoms. The van der Waals surface area contributed by atoms with E-state index in [4.69, 9.17) is 140 Å². The Bertz CT molecular complexity index is 1550. The number of hydrogen-bond acceptors (Lipinski definition) is 14. The molecule has 4 atom stereocenters. The zero-order valence-corrected chi connectivity index (χ0v) is 50.9. The van der Waals surface area contributed by atoms with Gasteiger partial charge in [-0.25, -0.2) is 4.79 Å². The lowest BCUT2D eigenvalue weighted by Gasteiger charge is -2.05. The number of amides is 5. The number of nitrogens with two attached hydrogens (primary N) is 8. The Morgan fingerprint density at radius 1 is 0.432 bits per heavy atom. The summed E-state index contributed by atoms with van der Waals surface area (Å²) >= 11 is -0.601. The van der Waals surface area contributed by atoms with Crippen molar-refractivity contribution >= 4 is 109 Å². The highest BCUT2D eigenvalue weighted by molar-refractivity contribution is 7.95. The molecule has 600 valence electrons. The van der Waals surface area contributed by atoms with Crippen LogP contribution in [0.3, 0.4) is 0 Å². The smallest absolute Gasteiger partial charge is 0.328 e. The molecular formula is C32H70F28N14O18S3-10. The second-order valence-corrected chi connectivity index (χ2v) is 12.0. The Labute approximate surface area is 533 Å². The molecule has 29 N–H and O–H groups in total. The van der Waals surface area contributed by atoms with Crippen molar-refractivity contribution in [2.45, 2.75) is 56.5 Å². The first kappa shape index (κ1) is 191. The van der Waals surface area contributed by atoms with Crippen molar-refractivity contribution in [1.82, 2.24) is 26.6 Å². The molecule has 0 aliphatic heterocycles. The summed E-state index contributed by atoms with van der Waals surface area (Å²) in [4.78, 5) is 123. The molecule has 0 aromatic carbocycles. The number of carboxylic acids is 5. The number of nitrogens with one attached hydrogen (secondary N) is 6. The van der Waals surface area contributed by atoms with E-state index in [0.717, 1.165) is 12.2 Å². The number of likely N-dealkylation sites (N-methyl/N-ethyl adjacent to an activating group) is 1. The molecule has 0 saturated carbocycles. The van der Waals surface area contributed by atoms with Gasteiger partial charge in [-0.3, -0.25) is 52.7 Å². The van der Waals surface area contributed by atoms with Crippen LogP contribution < -0.4 is 31.3 Å². The lowest BCUT2D eigenvalue weighted by atomic mass is 10.1. The van der Waals surface area contributed by atoms with E-state index < -0.39 is 76.3 Å². The van der Waals surface area contributed by atoms with Crippen molar-refractivity contribution in [2.24, 2.45) is 11.8 Å². The molecule has 1 aliphatic rings. The standard InChI is InChI=1S/2C6H11NO3.2C5H8FNO3S.C5H7NO3.C5H4O2.12F2.FHN.FH.8H2N.H2O.H2S/c1-4(3-5(8)9)6(10)7-2;1-4(6(9)10)3-5(8)7-2;1-7-5(10)3(11-6)2-4(8)9;1-7-4(8)2-3(11-6)5(9)10;1-6-4(7)2-3-5(8)9;6-4-1-2-5(7)3-4;13*1-2;;;;;;;;;;;/h4H,3H2,1-2H3,(H,7,10)(H,8,9);4H,3H2,1-2H3,(H,7,8)(H,9,10);3H,2H2,1H3,(H,7,10)(H,8,9);3H,2H2,1H3,(H,7,8)(H,9,10);2-3H,1H3,(H,6,7)(H,8,9);1-2H,3H2;;;;;;;;;;;;;2H;1H;10*1H2/q;;;;;;;;;;;;;;;;;;-1;;8*-1;;/p-1/b;;;;3-2-;;;;;;;;;;;;;;;;;;;;;;;;;. The Kier molecular flexibility index (Phi) is 399. The first-order valence-electron chi connectivity index (χ1n) is 17.9. The maximum Gasteiger partial charge on any atom is 0.328 e. The van der Waals surface area contributed by atoms with Gasteiger partial charge < -0.3 is 122 Å². The van der Waals surface area contributed by atoms with Crippen LogP contribution in [0.5, 0.6) is 0 Å². The number of carbonyl (C=O) groups excluding carboxylic acids is 7. The van der Waals surface area contributed by atoms with Crippen LogP contribution in [-0.4, -0.2) is 148 Å². The first-order chi connectivity index (χ1) is 39.8. The quantitative estimate of drug-likeness (QED) is 0.0390. The van der Waals surface area contributed by atoms with Gasteiger partial charge in [0.25, 0.3) is 0 Å². The summed E-state index contributed by atoms with van der Waals surface area (Å²) in [5, 5.41) is 49.9. The highest BCUT2D eigenvalue weighted by Gasteiger charge is 2.22. The minimum atomic E-state index is -1.32. The van der Waals surface area contributed by atoms with Crippen LogP contribution in [0, 0.1) is 11.8 Å². The molecule has 0 heterocycles. The van der Waals surface area contributed by atoms with Gasteiger partial charge in [-0.05, 0) is 12.2 Å². The summed E-state index contributed by atoms with van der Waals surface area (Å²) in [5.74, 6) is -4.46. The van der Waals surface area contributed by atoms with Crippen LogP contribution >= 0.6 is 37.8 Å². The Morgan fingerprint density at radius 3 is 0.863 bits per heavy atom. The summed E-state index contributed by atoms with van der Waals surface area (Å²) < 4.78 is 224. The molecule has 0 fully saturated rings. The Balaban J connectivity index is -0.0000000186. The number of ketones is 2. The molecule has 0 spiro atoms. The summed E-state index contributed by atoms with van der Waals surface area (Å²) in [6, 6.07) is 0. The molecule has 5 amide bonds. The van der Waals surface area contributed by atoms with Gasteiger partial charge in [-0.1, -0.05) is 13.8 Å². The number of halogens is 28. The summed E-state index contributed by atoms with van der Waals surface area (Å²) in [6.07, 6.45) is 3.52. The van der Waals surface area contributed by atoms with Gasteiger partial charge in [-0.2, -0.15) is 21.3 Å². The van der Waals surface area contributed by atoms with E-state index in [1.807, 2.05) is 0 Å². The molecule has 0 saturated heterocycles. The number of carbonyl (C=O) groups is 12. The summed E-state index contributed by atoms with van der Waals surface area (Å²) in [6.45, 7) is 3.07. The lowest BCUT2D eigenvalue weighted by Crippen LogP contribution is -3.00. The third-order valence-corrected chi connectivity index (χ3v) is 7.01. The summed E-state index contributed by atoms with van der Waals surface area (Å²) in [5.41, 5.74) is 0. The number of hydrogen-bond donors (Lipinski definition) is 10. The fourth-order valence-corrected chi connectivity index (χ4v) is 3.38. The van der Waals surface area contributed by atoms with Crippen molar-refractivity contribution in [2.75, 3.05) is 35.2 Å². The predicted molar refractivity (Wildman–Crippen MR) is 291 cm³/mol. The maximum atomic E-state index is 11.8. The van der Waals surface area contributed by atoms with Crippen LogP contribution in [0.4, 0.5) is 122 Å². The van der Waals surface area contributed by atoms with Gasteiger partial charge in [0.1, 0.15) is 10.5 Å². The molecule has 0 bridgehead atoms. The SMILES string of the molecule is CNC(=O)/C=C\C(=O)O.CNC(=O)C(C)CC(=O)O.CNC(=O)C(CC(=O)O)SF.CNC(=O)CC(C)C(=O)O.CNC(=O)CC(SF)C(=O)O.FF.FF.FF.FF.FF.FF.FF.FF.FF.FF.FF.FF.O.O=C1C=CC(=O)C1.S.[F-].[NH-]F.[NH2-].[NH2-].[NH2-].[NH2-].[NH2-].[NH2-].[NH2-].[NH2-]. The van der Waals surface area contributed by atoms with E-state index in [1.165, 1.54) is 54.3 Å². The molecule has 95 heavy (non-hydrogen) atoms. The van der Waals surface area contributed by atoms with Gasteiger partial charge in [0, 0.05) is 170 Å². The summed E-state index contributed by atoms with van der Waals surface area (Å²) in [7, 11) is 7.09. The zero-order valence-electron chi connectivity index (χ0n) is 48.3. The topological polar surface area (TPSA) is 689 Å².